The molecule has 2 aliphatic rings. The van der Waals surface area contributed by atoms with Crippen LogP contribution in [0.25, 0.3) is 0 Å². The van der Waals surface area contributed by atoms with Crippen LogP contribution in [0.15, 0.2) is 10.4 Å². The van der Waals surface area contributed by atoms with Crippen molar-refractivity contribution < 1.29 is 0 Å². The molecular formula is C21H38IN5S. The van der Waals surface area contributed by atoms with Gasteiger partial charge in [-0.25, -0.2) is 4.98 Å². The number of guanidine groups is 1. The molecule has 1 aliphatic heterocycles. The van der Waals surface area contributed by atoms with Crippen molar-refractivity contribution in [3.63, 3.8) is 0 Å². The van der Waals surface area contributed by atoms with E-state index < -0.39 is 0 Å². The van der Waals surface area contributed by atoms with E-state index in [2.05, 4.69) is 39.8 Å². The second-order valence-corrected chi connectivity index (χ2v) is 9.37. The zero-order valence-corrected chi connectivity index (χ0v) is 20.9. The lowest BCUT2D eigenvalue weighted by Gasteiger charge is -2.36. The minimum absolute atomic E-state index is 0. The number of piperidine rings is 1. The predicted octanol–water partition coefficient (Wildman–Crippen LogP) is 4.59. The van der Waals surface area contributed by atoms with Crippen LogP contribution in [0.4, 0.5) is 0 Å². The summed E-state index contributed by atoms with van der Waals surface area (Å²) in [5.41, 5.74) is 1.11. The van der Waals surface area contributed by atoms with Crippen LogP contribution in [-0.2, 0) is 6.54 Å². The number of likely N-dealkylation sites (tertiary alicyclic amines) is 1. The number of aromatic nitrogens is 1. The average Bonchev–Trinajstić information content (AvgIpc) is 3.17. The minimum atomic E-state index is 0. The number of nitrogens with zero attached hydrogens (tertiary/aromatic N) is 3. The molecule has 0 aromatic carbocycles. The highest BCUT2D eigenvalue weighted by molar-refractivity contribution is 14.0. The van der Waals surface area contributed by atoms with Crippen molar-refractivity contribution >= 4 is 41.3 Å². The third-order valence-corrected chi connectivity index (χ3v) is 7.09. The van der Waals surface area contributed by atoms with Crippen LogP contribution in [-0.4, -0.2) is 48.6 Å². The molecule has 7 heteroatoms. The molecule has 0 radical (unpaired) electrons. The van der Waals surface area contributed by atoms with Crippen LogP contribution in [0.1, 0.15) is 75.4 Å². The highest BCUT2D eigenvalue weighted by Crippen LogP contribution is 2.25. The monoisotopic (exact) mass is 519 g/mol. The molecule has 2 heterocycles. The number of thiazole rings is 1. The summed E-state index contributed by atoms with van der Waals surface area (Å²) in [6.07, 6.45) is 9.66. The molecule has 3 rings (SSSR count). The van der Waals surface area contributed by atoms with Crippen LogP contribution in [0.5, 0.6) is 0 Å². The number of aliphatic imine (C=N–C) groups is 1. The first-order valence-corrected chi connectivity index (χ1v) is 11.7. The second kappa shape index (κ2) is 12.3. The fourth-order valence-electron chi connectivity index (χ4n) is 4.23. The molecule has 1 aromatic heterocycles. The topological polar surface area (TPSA) is 52.6 Å². The number of rotatable bonds is 6. The maximum Gasteiger partial charge on any atom is 0.191 e. The van der Waals surface area contributed by atoms with Crippen LogP contribution < -0.4 is 10.6 Å². The number of nitrogens with one attached hydrogen (secondary N) is 2. The van der Waals surface area contributed by atoms with Gasteiger partial charge in [0.1, 0.15) is 0 Å². The molecule has 1 aliphatic carbocycles. The van der Waals surface area contributed by atoms with Crippen LogP contribution in [0.2, 0.25) is 0 Å². The molecule has 1 aromatic rings. The molecule has 1 saturated carbocycles. The van der Waals surface area contributed by atoms with Gasteiger partial charge in [0.05, 0.1) is 17.2 Å². The standard InChI is InChI=1S/C21H37N5S.HI/c1-16(2)20-24-19(15-27-20)13-23-21(22-3)25-18-9-11-26(12-10-18)14-17-7-5-4-6-8-17;/h15-18H,4-14H2,1-3H3,(H2,22,23,25);1H. The molecular weight excluding hydrogens is 481 g/mol. The minimum Gasteiger partial charge on any atom is -0.354 e. The van der Waals surface area contributed by atoms with Gasteiger partial charge in [-0.15, -0.1) is 35.3 Å². The Morgan fingerprint density at radius 3 is 2.54 bits per heavy atom. The van der Waals surface area contributed by atoms with Crippen molar-refractivity contribution in [2.45, 2.75) is 77.3 Å². The maximum atomic E-state index is 4.69. The van der Waals surface area contributed by atoms with E-state index in [9.17, 15) is 0 Å². The smallest absolute Gasteiger partial charge is 0.191 e. The zero-order chi connectivity index (χ0) is 19.1. The SMILES string of the molecule is CN=C(NCc1csc(C(C)C)n1)NC1CCN(CC2CCCCC2)CC1.I. The quantitative estimate of drug-likeness (QED) is 0.328. The van der Waals surface area contributed by atoms with Gasteiger partial charge in [-0.3, -0.25) is 4.99 Å². The summed E-state index contributed by atoms with van der Waals surface area (Å²) in [5.74, 6) is 2.35. The maximum absolute atomic E-state index is 4.69. The first-order chi connectivity index (χ1) is 13.1. The van der Waals surface area contributed by atoms with Gasteiger partial charge in [-0.05, 0) is 31.6 Å². The fourth-order valence-corrected chi connectivity index (χ4v) is 5.06. The Hall–Kier alpha value is -0.410. The molecule has 2 N–H and O–H groups in total. The first-order valence-electron chi connectivity index (χ1n) is 10.8. The van der Waals surface area contributed by atoms with Gasteiger partial charge in [-0.1, -0.05) is 33.1 Å². The van der Waals surface area contributed by atoms with E-state index in [1.54, 1.807) is 11.3 Å². The molecule has 0 spiro atoms. The Morgan fingerprint density at radius 2 is 1.93 bits per heavy atom. The highest BCUT2D eigenvalue weighted by Gasteiger charge is 2.23. The van der Waals surface area contributed by atoms with Gasteiger partial charge in [0, 0.05) is 44.0 Å². The lowest BCUT2D eigenvalue weighted by molar-refractivity contribution is 0.160. The average molecular weight is 520 g/mol. The van der Waals surface area contributed by atoms with Gasteiger partial charge in [0.15, 0.2) is 5.96 Å². The molecule has 28 heavy (non-hydrogen) atoms. The zero-order valence-electron chi connectivity index (χ0n) is 17.7. The van der Waals surface area contributed by atoms with Crippen molar-refractivity contribution in [3.05, 3.63) is 16.1 Å². The summed E-state index contributed by atoms with van der Waals surface area (Å²) in [5, 5.41) is 10.4. The molecule has 2 fully saturated rings. The summed E-state index contributed by atoms with van der Waals surface area (Å²) >= 11 is 1.75. The molecule has 0 unspecified atom stereocenters. The summed E-state index contributed by atoms with van der Waals surface area (Å²) in [6, 6.07) is 0.528. The number of halogens is 1. The summed E-state index contributed by atoms with van der Waals surface area (Å²) in [7, 11) is 1.86. The van der Waals surface area contributed by atoms with E-state index in [1.807, 2.05) is 7.05 Å². The molecule has 0 amide bonds. The molecule has 1 saturated heterocycles. The lowest BCUT2D eigenvalue weighted by atomic mass is 9.88. The van der Waals surface area contributed by atoms with E-state index >= 15 is 0 Å². The van der Waals surface area contributed by atoms with Crippen LogP contribution in [0.3, 0.4) is 0 Å². The van der Waals surface area contributed by atoms with Crippen molar-refractivity contribution in [1.29, 1.82) is 0 Å². The molecule has 0 atom stereocenters. The van der Waals surface area contributed by atoms with Crippen LogP contribution >= 0.6 is 35.3 Å². The van der Waals surface area contributed by atoms with E-state index in [1.165, 1.54) is 69.6 Å². The Morgan fingerprint density at radius 1 is 1.21 bits per heavy atom. The van der Waals surface area contributed by atoms with Crippen molar-refractivity contribution in [2.24, 2.45) is 10.9 Å². The third kappa shape index (κ3) is 7.44. The van der Waals surface area contributed by atoms with Gasteiger partial charge < -0.3 is 15.5 Å². The normalized spacial score (nSPS) is 20.2. The summed E-state index contributed by atoms with van der Waals surface area (Å²) < 4.78 is 0. The van der Waals surface area contributed by atoms with Gasteiger partial charge in [-0.2, -0.15) is 0 Å². The van der Waals surface area contributed by atoms with Crippen molar-refractivity contribution in [1.82, 2.24) is 20.5 Å². The van der Waals surface area contributed by atoms with Crippen molar-refractivity contribution in [2.75, 3.05) is 26.7 Å². The van der Waals surface area contributed by atoms with E-state index in [0.717, 1.165) is 24.1 Å². The van der Waals surface area contributed by atoms with E-state index in [4.69, 9.17) is 4.98 Å². The molecule has 0 bridgehead atoms. The Labute approximate surface area is 192 Å². The number of hydrogen-bond acceptors (Lipinski definition) is 4. The third-order valence-electron chi connectivity index (χ3n) is 5.89. The first kappa shape index (κ1) is 23.9. The van der Waals surface area contributed by atoms with E-state index in [-0.39, 0.29) is 24.0 Å². The fraction of sp³-hybridized carbons (Fsp3) is 0.810. The summed E-state index contributed by atoms with van der Waals surface area (Å²) in [6.45, 7) is 8.88. The molecule has 160 valence electrons. The van der Waals surface area contributed by atoms with Gasteiger partial charge in [0.2, 0.25) is 0 Å². The highest BCUT2D eigenvalue weighted by atomic mass is 127. The summed E-state index contributed by atoms with van der Waals surface area (Å²) in [4.78, 5) is 11.8. The van der Waals surface area contributed by atoms with Crippen molar-refractivity contribution in [3.8, 4) is 0 Å². The second-order valence-electron chi connectivity index (χ2n) is 8.48. The Balaban J connectivity index is 0.00000280. The van der Waals surface area contributed by atoms with Gasteiger partial charge in [0.25, 0.3) is 0 Å². The largest absolute Gasteiger partial charge is 0.354 e. The van der Waals surface area contributed by atoms with Gasteiger partial charge >= 0.3 is 0 Å². The number of hydrogen-bond donors (Lipinski definition) is 2. The molecule has 5 nitrogen and oxygen atoms in total. The predicted molar refractivity (Wildman–Crippen MR) is 131 cm³/mol. The lowest BCUT2D eigenvalue weighted by Crippen LogP contribution is -2.49. The Kier molecular flexibility index (Phi) is 10.5. The Bertz CT molecular complexity index is 589. The van der Waals surface area contributed by atoms with E-state index in [0.29, 0.717) is 12.0 Å². The van der Waals surface area contributed by atoms with Crippen LogP contribution in [0, 0.1) is 5.92 Å².